The first kappa shape index (κ1) is 14.6. The van der Waals surface area contributed by atoms with Crippen molar-refractivity contribution in [3.8, 4) is 0 Å². The average molecular weight is 298 g/mol. The molecule has 0 N–H and O–H groups in total. The van der Waals surface area contributed by atoms with Gasteiger partial charge in [-0.2, -0.15) is 0 Å². The maximum atomic E-state index is 13.3. The average Bonchev–Trinajstić information content (AvgIpc) is 2.55. The van der Waals surface area contributed by atoms with Crippen molar-refractivity contribution in [2.75, 3.05) is 31.1 Å². The van der Waals surface area contributed by atoms with E-state index in [1.165, 1.54) is 6.07 Å². The highest BCUT2D eigenvalue weighted by atomic mass is 19.1. The molecule has 3 rings (SSSR count). The van der Waals surface area contributed by atoms with Gasteiger partial charge in [0.05, 0.1) is 0 Å². The molecule has 1 saturated heterocycles. The van der Waals surface area contributed by atoms with Crippen LogP contribution in [0.1, 0.15) is 15.9 Å². The zero-order valence-electron chi connectivity index (χ0n) is 12.6. The smallest absolute Gasteiger partial charge is 0.254 e. The van der Waals surface area contributed by atoms with Crippen molar-refractivity contribution < 1.29 is 9.18 Å². The fraction of sp³-hybridized carbons (Fsp3) is 0.278. The van der Waals surface area contributed by atoms with Crippen LogP contribution in [-0.4, -0.2) is 37.0 Å². The topological polar surface area (TPSA) is 23.6 Å². The quantitative estimate of drug-likeness (QED) is 0.850. The fourth-order valence-electron chi connectivity index (χ4n) is 2.82. The van der Waals surface area contributed by atoms with Crippen LogP contribution in [0.3, 0.4) is 0 Å². The molecule has 0 radical (unpaired) electrons. The van der Waals surface area contributed by atoms with Crippen molar-refractivity contribution in [2.24, 2.45) is 0 Å². The molecule has 1 amide bonds. The van der Waals surface area contributed by atoms with Crippen LogP contribution in [-0.2, 0) is 0 Å². The number of anilines is 1. The van der Waals surface area contributed by atoms with Gasteiger partial charge in [0.15, 0.2) is 0 Å². The van der Waals surface area contributed by atoms with Crippen LogP contribution in [0.15, 0.2) is 48.5 Å². The number of halogens is 1. The lowest BCUT2D eigenvalue weighted by molar-refractivity contribution is 0.0746. The molecular formula is C18H19FN2O. The number of nitrogens with zero attached hydrogens (tertiary/aromatic N) is 2. The normalized spacial score (nSPS) is 15.0. The predicted molar refractivity (Wildman–Crippen MR) is 85.7 cm³/mol. The minimum absolute atomic E-state index is 0.0805. The number of amides is 1. The zero-order valence-corrected chi connectivity index (χ0v) is 12.6. The molecule has 0 atom stereocenters. The van der Waals surface area contributed by atoms with Crippen molar-refractivity contribution in [1.82, 2.24) is 4.90 Å². The van der Waals surface area contributed by atoms with Gasteiger partial charge in [0.25, 0.3) is 5.91 Å². The molecule has 3 nitrogen and oxygen atoms in total. The Kier molecular flexibility index (Phi) is 4.09. The standard InChI is InChI=1S/C18H19FN2O/c1-14-5-2-3-8-17(14)18(22)21-11-9-20(10-12-21)16-7-4-6-15(19)13-16/h2-8,13H,9-12H2,1H3. The van der Waals surface area contributed by atoms with Gasteiger partial charge in [-0.15, -0.1) is 0 Å². The summed E-state index contributed by atoms with van der Waals surface area (Å²) in [5.41, 5.74) is 2.64. The van der Waals surface area contributed by atoms with Gasteiger partial charge in [-0.3, -0.25) is 4.79 Å². The van der Waals surface area contributed by atoms with Gasteiger partial charge in [-0.25, -0.2) is 4.39 Å². The van der Waals surface area contributed by atoms with E-state index >= 15 is 0 Å². The van der Waals surface area contributed by atoms with E-state index in [0.29, 0.717) is 13.1 Å². The Morgan fingerprint density at radius 3 is 2.41 bits per heavy atom. The van der Waals surface area contributed by atoms with Crippen LogP contribution in [0.25, 0.3) is 0 Å². The SMILES string of the molecule is Cc1ccccc1C(=O)N1CCN(c2cccc(F)c2)CC1. The number of carbonyl (C=O) groups is 1. The molecule has 1 heterocycles. The molecule has 1 aliphatic heterocycles. The van der Waals surface area contributed by atoms with Gasteiger partial charge >= 0.3 is 0 Å². The van der Waals surface area contributed by atoms with Gasteiger partial charge in [-0.05, 0) is 36.8 Å². The number of benzene rings is 2. The number of hydrogen-bond donors (Lipinski definition) is 0. The number of rotatable bonds is 2. The van der Waals surface area contributed by atoms with E-state index < -0.39 is 0 Å². The third kappa shape index (κ3) is 2.96. The summed E-state index contributed by atoms with van der Waals surface area (Å²) in [7, 11) is 0. The summed E-state index contributed by atoms with van der Waals surface area (Å²) < 4.78 is 13.3. The van der Waals surface area contributed by atoms with E-state index in [2.05, 4.69) is 4.90 Å². The lowest BCUT2D eigenvalue weighted by Gasteiger charge is -2.36. The van der Waals surface area contributed by atoms with Crippen LogP contribution in [0.4, 0.5) is 10.1 Å². The lowest BCUT2D eigenvalue weighted by Crippen LogP contribution is -2.49. The fourth-order valence-corrected chi connectivity index (χ4v) is 2.82. The Bertz CT molecular complexity index is 678. The Hall–Kier alpha value is -2.36. The highest BCUT2D eigenvalue weighted by Gasteiger charge is 2.23. The van der Waals surface area contributed by atoms with E-state index in [1.807, 2.05) is 42.2 Å². The molecular weight excluding hydrogens is 279 g/mol. The maximum Gasteiger partial charge on any atom is 0.254 e. The summed E-state index contributed by atoms with van der Waals surface area (Å²) in [6.07, 6.45) is 0. The first-order valence-electron chi connectivity index (χ1n) is 7.50. The summed E-state index contributed by atoms with van der Waals surface area (Å²) in [4.78, 5) is 16.6. The number of carbonyl (C=O) groups excluding carboxylic acids is 1. The molecule has 1 fully saturated rings. The first-order chi connectivity index (χ1) is 10.6. The van der Waals surface area contributed by atoms with Crippen molar-refractivity contribution in [3.05, 3.63) is 65.5 Å². The van der Waals surface area contributed by atoms with Crippen LogP contribution >= 0.6 is 0 Å². The highest BCUT2D eigenvalue weighted by Crippen LogP contribution is 2.19. The Morgan fingerprint density at radius 1 is 1.00 bits per heavy atom. The summed E-state index contributed by atoms with van der Waals surface area (Å²) in [5.74, 6) is -0.145. The Morgan fingerprint density at radius 2 is 1.73 bits per heavy atom. The molecule has 2 aromatic carbocycles. The Labute approximate surface area is 130 Å². The van der Waals surface area contributed by atoms with E-state index in [4.69, 9.17) is 0 Å². The molecule has 0 bridgehead atoms. The molecule has 0 unspecified atom stereocenters. The second-order valence-corrected chi connectivity index (χ2v) is 5.57. The molecule has 0 saturated carbocycles. The van der Waals surface area contributed by atoms with E-state index in [0.717, 1.165) is 29.9 Å². The van der Waals surface area contributed by atoms with Crippen LogP contribution in [0.5, 0.6) is 0 Å². The third-order valence-corrected chi connectivity index (χ3v) is 4.12. The van der Waals surface area contributed by atoms with E-state index in [-0.39, 0.29) is 11.7 Å². The molecule has 22 heavy (non-hydrogen) atoms. The Balaban J connectivity index is 1.67. The monoisotopic (exact) mass is 298 g/mol. The first-order valence-corrected chi connectivity index (χ1v) is 7.50. The van der Waals surface area contributed by atoms with E-state index in [1.54, 1.807) is 12.1 Å². The minimum atomic E-state index is -0.226. The molecule has 1 aliphatic rings. The van der Waals surface area contributed by atoms with Crippen molar-refractivity contribution in [3.63, 3.8) is 0 Å². The zero-order chi connectivity index (χ0) is 15.5. The van der Waals surface area contributed by atoms with Gasteiger partial charge in [-0.1, -0.05) is 24.3 Å². The molecule has 2 aromatic rings. The van der Waals surface area contributed by atoms with E-state index in [9.17, 15) is 9.18 Å². The lowest BCUT2D eigenvalue weighted by atomic mass is 10.1. The van der Waals surface area contributed by atoms with Crippen LogP contribution in [0, 0.1) is 12.7 Å². The minimum Gasteiger partial charge on any atom is -0.368 e. The maximum absolute atomic E-state index is 13.3. The van der Waals surface area contributed by atoms with Gasteiger partial charge in [0.2, 0.25) is 0 Å². The number of hydrogen-bond acceptors (Lipinski definition) is 2. The van der Waals surface area contributed by atoms with Crippen LogP contribution in [0.2, 0.25) is 0 Å². The van der Waals surface area contributed by atoms with Crippen molar-refractivity contribution in [2.45, 2.75) is 6.92 Å². The highest BCUT2D eigenvalue weighted by molar-refractivity contribution is 5.95. The van der Waals surface area contributed by atoms with Gasteiger partial charge in [0, 0.05) is 37.4 Å². The van der Waals surface area contributed by atoms with Gasteiger partial charge in [0.1, 0.15) is 5.82 Å². The molecule has 114 valence electrons. The number of piperazine rings is 1. The third-order valence-electron chi connectivity index (χ3n) is 4.12. The summed E-state index contributed by atoms with van der Waals surface area (Å²) in [5, 5.41) is 0. The molecule has 0 spiro atoms. The second kappa shape index (κ2) is 6.18. The largest absolute Gasteiger partial charge is 0.368 e. The van der Waals surface area contributed by atoms with Gasteiger partial charge < -0.3 is 9.80 Å². The molecule has 0 aliphatic carbocycles. The number of aryl methyl sites for hydroxylation is 1. The summed E-state index contributed by atoms with van der Waals surface area (Å²) in [6, 6.07) is 14.3. The molecule has 4 heteroatoms. The summed E-state index contributed by atoms with van der Waals surface area (Å²) in [6.45, 7) is 4.71. The second-order valence-electron chi connectivity index (χ2n) is 5.57. The molecule has 0 aromatic heterocycles. The van der Waals surface area contributed by atoms with Crippen molar-refractivity contribution in [1.29, 1.82) is 0 Å². The summed E-state index contributed by atoms with van der Waals surface area (Å²) >= 11 is 0. The predicted octanol–water partition coefficient (Wildman–Crippen LogP) is 3.10. The van der Waals surface area contributed by atoms with Crippen LogP contribution < -0.4 is 4.90 Å². The van der Waals surface area contributed by atoms with Crippen molar-refractivity contribution >= 4 is 11.6 Å².